The van der Waals surface area contributed by atoms with Crippen molar-refractivity contribution in [3.63, 3.8) is 0 Å². The predicted molar refractivity (Wildman–Crippen MR) is 71.2 cm³/mol. The number of rotatable bonds is 1. The summed E-state index contributed by atoms with van der Waals surface area (Å²) in [5.74, 6) is 1.56. The highest BCUT2D eigenvalue weighted by Crippen LogP contribution is 2.36. The smallest absolute Gasteiger partial charge is 0.258 e. The van der Waals surface area contributed by atoms with Crippen LogP contribution >= 0.6 is 0 Å². The van der Waals surface area contributed by atoms with Crippen LogP contribution in [-0.2, 0) is 4.79 Å². The number of anilines is 1. The standard InChI is InChI=1S/C15H13NO2/c1-10-7-8-11(18-10)9-13-12-5-3-4-6-14(12)16(2)15(13)17/h3-9H,1-2H3. The molecule has 3 nitrogen and oxygen atoms in total. The van der Waals surface area contributed by atoms with E-state index >= 15 is 0 Å². The first kappa shape index (κ1) is 10.8. The first-order chi connectivity index (χ1) is 8.66. The van der Waals surface area contributed by atoms with Crippen molar-refractivity contribution in [3.8, 4) is 0 Å². The third kappa shape index (κ3) is 1.56. The maximum atomic E-state index is 12.2. The molecule has 0 bridgehead atoms. The highest BCUT2D eigenvalue weighted by atomic mass is 16.3. The lowest BCUT2D eigenvalue weighted by molar-refractivity contribution is -0.112. The molecule has 1 amide bonds. The molecular weight excluding hydrogens is 226 g/mol. The lowest BCUT2D eigenvalue weighted by Crippen LogP contribution is -2.20. The molecule has 1 aliphatic rings. The third-order valence-electron chi connectivity index (χ3n) is 3.14. The molecule has 2 heterocycles. The van der Waals surface area contributed by atoms with Crippen LogP contribution in [0.1, 0.15) is 17.1 Å². The van der Waals surface area contributed by atoms with Gasteiger partial charge in [0.05, 0.1) is 11.3 Å². The van der Waals surface area contributed by atoms with Gasteiger partial charge in [-0.3, -0.25) is 4.79 Å². The van der Waals surface area contributed by atoms with Crippen LogP contribution in [0.15, 0.2) is 40.8 Å². The van der Waals surface area contributed by atoms with E-state index in [0.29, 0.717) is 11.3 Å². The van der Waals surface area contributed by atoms with Gasteiger partial charge in [0.1, 0.15) is 11.5 Å². The Hall–Kier alpha value is -2.29. The van der Waals surface area contributed by atoms with Crippen LogP contribution in [-0.4, -0.2) is 13.0 Å². The topological polar surface area (TPSA) is 33.5 Å². The van der Waals surface area contributed by atoms with Crippen LogP contribution in [0.25, 0.3) is 11.6 Å². The van der Waals surface area contributed by atoms with E-state index < -0.39 is 0 Å². The van der Waals surface area contributed by atoms with Gasteiger partial charge in [-0.15, -0.1) is 0 Å². The summed E-state index contributed by atoms with van der Waals surface area (Å²) in [7, 11) is 1.79. The number of aryl methyl sites for hydroxylation is 1. The Morgan fingerprint density at radius 3 is 2.67 bits per heavy atom. The van der Waals surface area contributed by atoms with Crippen molar-refractivity contribution >= 4 is 23.2 Å². The summed E-state index contributed by atoms with van der Waals surface area (Å²) in [6, 6.07) is 11.5. The summed E-state index contributed by atoms with van der Waals surface area (Å²) in [6.07, 6.45) is 1.80. The fraction of sp³-hybridized carbons (Fsp3) is 0.133. The molecule has 18 heavy (non-hydrogen) atoms. The van der Waals surface area contributed by atoms with E-state index in [4.69, 9.17) is 4.42 Å². The maximum absolute atomic E-state index is 12.2. The highest BCUT2D eigenvalue weighted by Gasteiger charge is 2.29. The van der Waals surface area contributed by atoms with Crippen LogP contribution in [0.2, 0.25) is 0 Å². The van der Waals surface area contributed by atoms with Gasteiger partial charge in [-0.25, -0.2) is 0 Å². The molecule has 1 aliphatic heterocycles. The predicted octanol–water partition coefficient (Wildman–Crippen LogP) is 3.11. The molecule has 2 aromatic rings. The molecule has 3 heteroatoms. The molecule has 90 valence electrons. The minimum Gasteiger partial charge on any atom is -0.462 e. The fourth-order valence-corrected chi connectivity index (χ4v) is 2.21. The Kier molecular flexibility index (Phi) is 2.33. The number of carbonyl (C=O) groups excluding carboxylic acids is 1. The van der Waals surface area contributed by atoms with Crippen molar-refractivity contribution in [2.45, 2.75) is 6.92 Å². The number of hydrogen-bond donors (Lipinski definition) is 0. The monoisotopic (exact) mass is 239 g/mol. The van der Waals surface area contributed by atoms with Gasteiger partial charge in [-0.05, 0) is 31.2 Å². The van der Waals surface area contributed by atoms with Crippen molar-refractivity contribution < 1.29 is 9.21 Å². The Morgan fingerprint density at radius 1 is 1.17 bits per heavy atom. The summed E-state index contributed by atoms with van der Waals surface area (Å²) in [4.78, 5) is 13.9. The molecular formula is C15H13NO2. The Bertz CT molecular complexity index is 652. The average Bonchev–Trinajstić information content (AvgIpc) is 2.88. The van der Waals surface area contributed by atoms with E-state index in [9.17, 15) is 4.79 Å². The molecule has 0 fully saturated rings. The number of benzene rings is 1. The number of nitrogens with zero attached hydrogens (tertiary/aromatic N) is 1. The SMILES string of the molecule is Cc1ccc(C=C2C(=O)N(C)c3ccccc32)o1. The zero-order chi connectivity index (χ0) is 12.7. The fourth-order valence-electron chi connectivity index (χ4n) is 2.21. The van der Waals surface area contributed by atoms with Crippen LogP contribution in [0, 0.1) is 6.92 Å². The second-order valence-electron chi connectivity index (χ2n) is 4.39. The van der Waals surface area contributed by atoms with Crippen LogP contribution in [0.5, 0.6) is 0 Å². The molecule has 0 unspecified atom stereocenters. The summed E-state index contributed by atoms with van der Waals surface area (Å²) >= 11 is 0. The zero-order valence-corrected chi connectivity index (χ0v) is 10.3. The second kappa shape index (κ2) is 3.88. The van der Waals surface area contributed by atoms with E-state index in [-0.39, 0.29) is 5.91 Å². The quantitative estimate of drug-likeness (QED) is 0.716. The van der Waals surface area contributed by atoms with E-state index in [1.54, 1.807) is 18.0 Å². The summed E-state index contributed by atoms with van der Waals surface area (Å²) in [5.41, 5.74) is 2.58. The number of amides is 1. The van der Waals surface area contributed by atoms with Crippen LogP contribution in [0.3, 0.4) is 0 Å². The number of furan rings is 1. The largest absolute Gasteiger partial charge is 0.462 e. The second-order valence-corrected chi connectivity index (χ2v) is 4.39. The third-order valence-corrected chi connectivity index (χ3v) is 3.14. The lowest BCUT2D eigenvalue weighted by Gasteiger charge is -2.07. The molecule has 0 spiro atoms. The average molecular weight is 239 g/mol. The van der Waals surface area contributed by atoms with Gasteiger partial charge in [0.25, 0.3) is 5.91 Å². The number of para-hydroxylation sites is 1. The summed E-state index contributed by atoms with van der Waals surface area (Å²) in [6.45, 7) is 1.89. The number of carbonyl (C=O) groups is 1. The van der Waals surface area contributed by atoms with Crippen molar-refractivity contribution in [1.82, 2.24) is 0 Å². The summed E-state index contributed by atoms with van der Waals surface area (Å²) < 4.78 is 5.50. The molecule has 1 aromatic carbocycles. The van der Waals surface area contributed by atoms with Crippen molar-refractivity contribution in [2.75, 3.05) is 11.9 Å². The number of hydrogen-bond acceptors (Lipinski definition) is 2. The van der Waals surface area contributed by atoms with Gasteiger partial charge in [0, 0.05) is 12.6 Å². The molecule has 0 aliphatic carbocycles. The van der Waals surface area contributed by atoms with Gasteiger partial charge in [0.15, 0.2) is 0 Å². The van der Waals surface area contributed by atoms with Crippen molar-refractivity contribution in [2.24, 2.45) is 0 Å². The maximum Gasteiger partial charge on any atom is 0.258 e. The van der Waals surface area contributed by atoms with Gasteiger partial charge >= 0.3 is 0 Å². The number of likely N-dealkylation sites (N-methyl/N-ethyl adjacent to an activating group) is 1. The lowest BCUT2D eigenvalue weighted by atomic mass is 10.1. The van der Waals surface area contributed by atoms with E-state index in [2.05, 4.69) is 0 Å². The minimum absolute atomic E-state index is 0.00486. The summed E-state index contributed by atoms with van der Waals surface area (Å²) in [5, 5.41) is 0. The van der Waals surface area contributed by atoms with Gasteiger partial charge in [0.2, 0.25) is 0 Å². The van der Waals surface area contributed by atoms with Crippen LogP contribution < -0.4 is 4.90 Å². The molecule has 1 aromatic heterocycles. The molecule has 0 radical (unpaired) electrons. The highest BCUT2D eigenvalue weighted by molar-refractivity contribution is 6.35. The zero-order valence-electron chi connectivity index (χ0n) is 10.3. The Balaban J connectivity index is 2.13. The first-order valence-corrected chi connectivity index (χ1v) is 5.82. The minimum atomic E-state index is 0.00486. The van der Waals surface area contributed by atoms with Gasteiger partial charge < -0.3 is 9.32 Å². The molecule has 0 saturated heterocycles. The van der Waals surface area contributed by atoms with E-state index in [1.807, 2.05) is 43.3 Å². The van der Waals surface area contributed by atoms with Crippen LogP contribution in [0.4, 0.5) is 5.69 Å². The first-order valence-electron chi connectivity index (χ1n) is 5.82. The van der Waals surface area contributed by atoms with Gasteiger partial charge in [-0.2, -0.15) is 0 Å². The van der Waals surface area contributed by atoms with Crippen molar-refractivity contribution in [1.29, 1.82) is 0 Å². The Labute approximate surface area is 105 Å². The molecule has 0 N–H and O–H groups in total. The molecule has 3 rings (SSSR count). The number of fused-ring (bicyclic) bond motifs is 1. The van der Waals surface area contributed by atoms with Crippen molar-refractivity contribution in [3.05, 3.63) is 53.5 Å². The van der Waals surface area contributed by atoms with Gasteiger partial charge in [-0.1, -0.05) is 18.2 Å². The Morgan fingerprint density at radius 2 is 1.94 bits per heavy atom. The van der Waals surface area contributed by atoms with E-state index in [0.717, 1.165) is 17.0 Å². The molecule has 0 saturated carbocycles. The normalized spacial score (nSPS) is 16.4. The van der Waals surface area contributed by atoms with E-state index in [1.165, 1.54) is 0 Å². The molecule has 0 atom stereocenters.